The maximum Gasteiger partial charge on any atom is 0.338 e. The van der Waals surface area contributed by atoms with Crippen molar-refractivity contribution in [3.8, 4) is 5.75 Å². The second kappa shape index (κ2) is 9.30. The van der Waals surface area contributed by atoms with Crippen molar-refractivity contribution in [2.45, 2.75) is 52.4 Å². The fraction of sp³-hybridized carbons (Fsp3) is 0.579. The van der Waals surface area contributed by atoms with Crippen LogP contribution in [0.2, 0.25) is 0 Å². The number of esters is 1. The number of carbonyl (C=O) groups is 2. The van der Waals surface area contributed by atoms with Crippen LogP contribution < -0.4 is 10.1 Å². The van der Waals surface area contributed by atoms with E-state index in [1.165, 1.54) is 19.3 Å². The summed E-state index contributed by atoms with van der Waals surface area (Å²) in [6.07, 6.45) is 6.53. The molecule has 1 N–H and O–H groups in total. The van der Waals surface area contributed by atoms with Gasteiger partial charge in [0.25, 0.3) is 0 Å². The van der Waals surface area contributed by atoms with Gasteiger partial charge in [0.1, 0.15) is 5.75 Å². The number of rotatable bonds is 7. The highest BCUT2D eigenvalue weighted by Crippen LogP contribution is 2.29. The molecule has 0 saturated heterocycles. The molecule has 1 saturated carbocycles. The molecule has 24 heavy (non-hydrogen) atoms. The van der Waals surface area contributed by atoms with E-state index < -0.39 is 5.97 Å². The van der Waals surface area contributed by atoms with E-state index in [-0.39, 0.29) is 5.91 Å². The summed E-state index contributed by atoms with van der Waals surface area (Å²) >= 11 is 0. The fourth-order valence-electron chi connectivity index (χ4n) is 3.10. The summed E-state index contributed by atoms with van der Waals surface area (Å²) < 4.78 is 10.6. The topological polar surface area (TPSA) is 64.6 Å². The molecule has 0 unspecified atom stereocenters. The molecule has 1 aromatic rings. The summed E-state index contributed by atoms with van der Waals surface area (Å²) in [4.78, 5) is 24.1. The molecule has 0 radical (unpaired) electrons. The van der Waals surface area contributed by atoms with E-state index in [1.807, 2.05) is 6.92 Å². The van der Waals surface area contributed by atoms with Crippen LogP contribution in [0.25, 0.3) is 0 Å². The van der Waals surface area contributed by atoms with Gasteiger partial charge >= 0.3 is 5.97 Å². The predicted octanol–water partition coefficient (Wildman–Crippen LogP) is 4.17. The van der Waals surface area contributed by atoms with Gasteiger partial charge in [0.2, 0.25) is 5.91 Å². The molecule has 2 rings (SSSR count). The Kier molecular flexibility index (Phi) is 7.09. The Balaban J connectivity index is 2.04. The summed E-state index contributed by atoms with van der Waals surface area (Å²) in [6.45, 7) is 4.41. The van der Waals surface area contributed by atoms with E-state index in [2.05, 4.69) is 5.32 Å². The van der Waals surface area contributed by atoms with Crippen molar-refractivity contribution in [3.63, 3.8) is 0 Å². The molecule has 0 spiro atoms. The molecule has 1 aliphatic carbocycles. The lowest BCUT2D eigenvalue weighted by atomic mass is 9.87. The molecular weight excluding hydrogens is 306 g/mol. The van der Waals surface area contributed by atoms with E-state index >= 15 is 0 Å². The van der Waals surface area contributed by atoms with E-state index in [0.717, 1.165) is 12.8 Å². The molecule has 0 atom stereocenters. The third-order valence-corrected chi connectivity index (χ3v) is 4.27. The second-order valence-corrected chi connectivity index (χ2v) is 6.12. The summed E-state index contributed by atoms with van der Waals surface area (Å²) in [5, 5.41) is 2.92. The van der Waals surface area contributed by atoms with Crippen LogP contribution >= 0.6 is 0 Å². The van der Waals surface area contributed by atoms with Gasteiger partial charge in [0.15, 0.2) is 0 Å². The van der Waals surface area contributed by atoms with Crippen LogP contribution in [0.15, 0.2) is 18.2 Å². The smallest absolute Gasteiger partial charge is 0.338 e. The van der Waals surface area contributed by atoms with Gasteiger partial charge in [-0.2, -0.15) is 0 Å². The van der Waals surface area contributed by atoms with Gasteiger partial charge in [-0.1, -0.05) is 19.3 Å². The Bertz CT molecular complexity index is 564. The fourth-order valence-corrected chi connectivity index (χ4v) is 3.10. The van der Waals surface area contributed by atoms with Crippen LogP contribution in [0.4, 0.5) is 5.69 Å². The molecular formula is C19H27NO4. The minimum Gasteiger partial charge on any atom is -0.492 e. The van der Waals surface area contributed by atoms with Gasteiger partial charge in [0.05, 0.1) is 24.5 Å². The molecule has 5 nitrogen and oxygen atoms in total. The highest BCUT2D eigenvalue weighted by atomic mass is 16.5. The molecule has 132 valence electrons. The Morgan fingerprint density at radius 3 is 2.54 bits per heavy atom. The molecule has 0 aliphatic heterocycles. The van der Waals surface area contributed by atoms with Gasteiger partial charge in [-0.05, 0) is 50.8 Å². The number of amides is 1. The lowest BCUT2D eigenvalue weighted by Crippen LogP contribution is -2.19. The van der Waals surface area contributed by atoms with E-state index in [0.29, 0.717) is 42.6 Å². The maximum atomic E-state index is 12.3. The summed E-state index contributed by atoms with van der Waals surface area (Å²) in [5.74, 6) is 0.596. The van der Waals surface area contributed by atoms with Crippen LogP contribution in [-0.4, -0.2) is 25.1 Å². The zero-order valence-corrected chi connectivity index (χ0v) is 14.6. The Morgan fingerprint density at radius 1 is 1.12 bits per heavy atom. The lowest BCUT2D eigenvalue weighted by Gasteiger charge is -2.21. The van der Waals surface area contributed by atoms with Crippen molar-refractivity contribution in [2.24, 2.45) is 5.92 Å². The van der Waals surface area contributed by atoms with Gasteiger partial charge in [0, 0.05) is 6.42 Å². The first kappa shape index (κ1) is 18.3. The normalized spacial score (nSPS) is 14.9. The monoisotopic (exact) mass is 333 g/mol. The Hall–Kier alpha value is -2.04. The highest BCUT2D eigenvalue weighted by molar-refractivity contribution is 5.95. The van der Waals surface area contributed by atoms with Crippen molar-refractivity contribution < 1.29 is 19.1 Å². The minimum atomic E-state index is -0.390. The number of hydrogen-bond acceptors (Lipinski definition) is 4. The SMILES string of the molecule is CCOC(=O)c1ccc(NC(=O)CC2CCCCC2)c(OCC)c1. The molecule has 5 heteroatoms. The average molecular weight is 333 g/mol. The quantitative estimate of drug-likeness (QED) is 0.761. The number of hydrogen-bond donors (Lipinski definition) is 1. The van der Waals surface area contributed by atoms with Gasteiger partial charge in [-0.15, -0.1) is 0 Å². The predicted molar refractivity (Wildman–Crippen MR) is 93.4 cm³/mol. The number of anilines is 1. The molecule has 0 aromatic heterocycles. The third-order valence-electron chi connectivity index (χ3n) is 4.27. The van der Waals surface area contributed by atoms with Crippen LogP contribution in [-0.2, 0) is 9.53 Å². The Labute approximate surface area is 143 Å². The first-order valence-electron chi connectivity index (χ1n) is 8.87. The summed E-state index contributed by atoms with van der Waals surface area (Å²) in [7, 11) is 0. The third kappa shape index (κ3) is 5.25. The molecule has 1 fully saturated rings. The molecule has 1 aliphatic rings. The van der Waals surface area contributed by atoms with Gasteiger partial charge in [-0.25, -0.2) is 4.79 Å². The second-order valence-electron chi connectivity index (χ2n) is 6.12. The van der Waals surface area contributed by atoms with Crippen LogP contribution in [0.5, 0.6) is 5.75 Å². The van der Waals surface area contributed by atoms with Gasteiger partial charge < -0.3 is 14.8 Å². The first-order chi connectivity index (χ1) is 11.6. The van der Waals surface area contributed by atoms with Crippen LogP contribution in [0, 0.1) is 5.92 Å². The number of carbonyl (C=O) groups excluding carboxylic acids is 2. The van der Waals surface area contributed by atoms with Crippen molar-refractivity contribution in [1.29, 1.82) is 0 Å². The average Bonchev–Trinajstić information content (AvgIpc) is 2.57. The van der Waals surface area contributed by atoms with Crippen molar-refractivity contribution in [2.75, 3.05) is 18.5 Å². The molecule has 0 bridgehead atoms. The number of ether oxygens (including phenoxy) is 2. The number of benzene rings is 1. The standard InChI is InChI=1S/C19H27NO4/c1-3-23-17-13-15(19(22)24-4-2)10-11-16(17)20-18(21)12-14-8-6-5-7-9-14/h10-11,13-14H,3-9,12H2,1-2H3,(H,20,21). The van der Waals surface area contributed by atoms with Crippen LogP contribution in [0.3, 0.4) is 0 Å². The summed E-state index contributed by atoms with van der Waals surface area (Å²) in [5.41, 5.74) is 1.02. The molecule has 1 amide bonds. The van der Waals surface area contributed by atoms with Crippen molar-refractivity contribution in [1.82, 2.24) is 0 Å². The van der Waals surface area contributed by atoms with E-state index in [9.17, 15) is 9.59 Å². The summed E-state index contributed by atoms with van der Waals surface area (Å²) in [6, 6.07) is 4.98. The van der Waals surface area contributed by atoms with Crippen molar-refractivity contribution in [3.05, 3.63) is 23.8 Å². The zero-order valence-electron chi connectivity index (χ0n) is 14.6. The zero-order chi connectivity index (χ0) is 17.4. The van der Waals surface area contributed by atoms with E-state index in [1.54, 1.807) is 25.1 Å². The molecule has 0 heterocycles. The van der Waals surface area contributed by atoms with Crippen LogP contribution in [0.1, 0.15) is 62.7 Å². The highest BCUT2D eigenvalue weighted by Gasteiger charge is 2.18. The minimum absolute atomic E-state index is 0.00624. The lowest BCUT2D eigenvalue weighted by molar-refractivity contribution is -0.117. The maximum absolute atomic E-state index is 12.3. The first-order valence-corrected chi connectivity index (χ1v) is 8.87. The van der Waals surface area contributed by atoms with E-state index in [4.69, 9.17) is 9.47 Å². The van der Waals surface area contributed by atoms with Gasteiger partial charge in [-0.3, -0.25) is 4.79 Å². The number of nitrogens with one attached hydrogen (secondary N) is 1. The Morgan fingerprint density at radius 2 is 1.88 bits per heavy atom. The van der Waals surface area contributed by atoms with Crippen molar-refractivity contribution >= 4 is 17.6 Å². The largest absolute Gasteiger partial charge is 0.492 e. The molecule has 1 aromatic carbocycles.